The third kappa shape index (κ3) is 4.99. The molecule has 3 aromatic rings. The summed E-state index contributed by atoms with van der Waals surface area (Å²) in [5.41, 5.74) is 4.38. The summed E-state index contributed by atoms with van der Waals surface area (Å²) >= 11 is 0. The Hall–Kier alpha value is -2.66. The van der Waals surface area contributed by atoms with Crippen LogP contribution in [0.15, 0.2) is 61.1 Å². The second-order valence-electron chi connectivity index (χ2n) is 9.05. The van der Waals surface area contributed by atoms with E-state index in [4.69, 9.17) is 4.98 Å². The topological polar surface area (TPSA) is 41.9 Å². The predicted octanol–water partition coefficient (Wildman–Crippen LogP) is 5.26. The highest BCUT2D eigenvalue weighted by atomic mass is 19.1. The Morgan fingerprint density at radius 2 is 1.77 bits per heavy atom. The van der Waals surface area contributed by atoms with Gasteiger partial charge in [-0.3, -0.25) is 19.9 Å². The molecule has 4 rings (SSSR count). The Balaban J connectivity index is 1.56. The number of aromatic nitrogens is 3. The Kier molecular flexibility index (Phi) is 6.42. The number of nitrogens with zero attached hydrogens (tertiary/aromatic N) is 4. The molecule has 1 fully saturated rings. The summed E-state index contributed by atoms with van der Waals surface area (Å²) in [6.07, 6.45) is 9.05. The van der Waals surface area contributed by atoms with Crippen LogP contribution in [0, 0.1) is 12.7 Å². The zero-order valence-corrected chi connectivity index (χ0v) is 18.6. The maximum atomic E-state index is 13.3. The van der Waals surface area contributed by atoms with Gasteiger partial charge in [-0.1, -0.05) is 12.1 Å². The normalized spacial score (nSPS) is 24.3. The smallest absolute Gasteiger partial charge is 0.141 e. The molecular formula is C26H31FN4. The molecule has 1 unspecified atom stereocenters. The van der Waals surface area contributed by atoms with Gasteiger partial charge in [0.2, 0.25) is 0 Å². The Bertz CT molecular complexity index is 961. The lowest BCUT2D eigenvalue weighted by Crippen LogP contribution is -2.52. The van der Waals surface area contributed by atoms with Gasteiger partial charge in [-0.15, -0.1) is 0 Å². The van der Waals surface area contributed by atoms with E-state index in [1.165, 1.54) is 17.8 Å². The van der Waals surface area contributed by atoms with Crippen molar-refractivity contribution in [1.29, 1.82) is 0 Å². The van der Waals surface area contributed by atoms with E-state index in [0.29, 0.717) is 12.1 Å². The van der Waals surface area contributed by atoms with Gasteiger partial charge in [-0.25, -0.2) is 4.39 Å². The van der Waals surface area contributed by atoms with E-state index in [-0.39, 0.29) is 11.2 Å². The van der Waals surface area contributed by atoms with Gasteiger partial charge in [0.25, 0.3) is 0 Å². The fraction of sp³-hybridized carbons (Fsp3) is 0.423. The fourth-order valence-corrected chi connectivity index (χ4v) is 5.14. The van der Waals surface area contributed by atoms with Crippen molar-refractivity contribution in [2.45, 2.75) is 70.5 Å². The first-order valence-electron chi connectivity index (χ1n) is 11.1. The maximum Gasteiger partial charge on any atom is 0.141 e. The van der Waals surface area contributed by atoms with E-state index < -0.39 is 0 Å². The highest BCUT2D eigenvalue weighted by Gasteiger charge is 2.43. The molecule has 3 aromatic heterocycles. The number of aryl methyl sites for hydroxylation is 2. The van der Waals surface area contributed by atoms with Crippen molar-refractivity contribution in [1.82, 2.24) is 19.9 Å². The van der Waals surface area contributed by atoms with Gasteiger partial charge < -0.3 is 0 Å². The molecule has 0 spiro atoms. The molecule has 0 aromatic carbocycles. The second-order valence-corrected chi connectivity index (χ2v) is 9.05. The number of pyridine rings is 3. The Morgan fingerprint density at radius 3 is 2.39 bits per heavy atom. The van der Waals surface area contributed by atoms with E-state index in [1.54, 1.807) is 6.07 Å². The molecule has 0 bridgehead atoms. The highest BCUT2D eigenvalue weighted by molar-refractivity contribution is 5.22. The summed E-state index contributed by atoms with van der Waals surface area (Å²) in [6, 6.07) is 14.6. The summed E-state index contributed by atoms with van der Waals surface area (Å²) in [5.74, 6) is -0.288. The van der Waals surface area contributed by atoms with Gasteiger partial charge in [-0.2, -0.15) is 0 Å². The fourth-order valence-electron chi connectivity index (χ4n) is 5.14. The van der Waals surface area contributed by atoms with Gasteiger partial charge in [0.05, 0.1) is 6.20 Å². The van der Waals surface area contributed by atoms with Crippen LogP contribution in [0.1, 0.15) is 55.8 Å². The summed E-state index contributed by atoms with van der Waals surface area (Å²) in [5, 5.41) is 0. The second kappa shape index (κ2) is 9.23. The molecule has 4 nitrogen and oxygen atoms in total. The summed E-state index contributed by atoms with van der Waals surface area (Å²) in [4.78, 5) is 16.1. The summed E-state index contributed by atoms with van der Waals surface area (Å²) in [6.45, 7) is 7.58. The largest absolute Gasteiger partial charge is 0.294 e. The molecule has 1 aliphatic rings. The van der Waals surface area contributed by atoms with E-state index in [2.05, 4.69) is 53.0 Å². The number of rotatable bonds is 6. The molecule has 162 valence electrons. The molecule has 31 heavy (non-hydrogen) atoms. The molecule has 1 aliphatic heterocycles. The quantitative estimate of drug-likeness (QED) is 0.547. The monoisotopic (exact) mass is 418 g/mol. The first-order valence-corrected chi connectivity index (χ1v) is 11.1. The lowest BCUT2D eigenvalue weighted by molar-refractivity contribution is 0.0403. The molecule has 0 radical (unpaired) electrons. The van der Waals surface area contributed by atoms with Crippen molar-refractivity contribution in [3.8, 4) is 0 Å². The van der Waals surface area contributed by atoms with Crippen molar-refractivity contribution in [3.63, 3.8) is 0 Å². The zero-order chi connectivity index (χ0) is 21.8. The molecule has 5 heteroatoms. The minimum Gasteiger partial charge on any atom is -0.294 e. The van der Waals surface area contributed by atoms with Crippen molar-refractivity contribution >= 4 is 0 Å². The van der Waals surface area contributed by atoms with Crippen LogP contribution in [0.25, 0.3) is 0 Å². The number of hydrogen-bond donors (Lipinski definition) is 0. The lowest BCUT2D eigenvalue weighted by atomic mass is 9.67. The zero-order valence-electron chi connectivity index (χ0n) is 18.6. The highest BCUT2D eigenvalue weighted by Crippen LogP contribution is 2.43. The van der Waals surface area contributed by atoms with Crippen LogP contribution in [0.2, 0.25) is 0 Å². The number of hydrogen-bond acceptors (Lipinski definition) is 4. The third-order valence-electron chi connectivity index (χ3n) is 6.70. The minimum absolute atomic E-state index is 0.0157. The maximum absolute atomic E-state index is 13.3. The van der Waals surface area contributed by atoms with Gasteiger partial charge in [0.1, 0.15) is 5.82 Å². The first kappa shape index (κ1) is 21.6. The predicted molar refractivity (Wildman–Crippen MR) is 121 cm³/mol. The van der Waals surface area contributed by atoms with E-state index >= 15 is 0 Å². The van der Waals surface area contributed by atoms with Crippen LogP contribution in [-0.2, 0) is 18.4 Å². The average Bonchev–Trinajstić information content (AvgIpc) is 2.78. The van der Waals surface area contributed by atoms with Gasteiger partial charge >= 0.3 is 0 Å². The minimum atomic E-state index is -0.288. The summed E-state index contributed by atoms with van der Waals surface area (Å²) < 4.78 is 13.3. The molecule has 0 saturated carbocycles. The number of likely N-dealkylation sites (tertiary alicyclic amines) is 1. The van der Waals surface area contributed by atoms with E-state index in [0.717, 1.165) is 49.3 Å². The Labute approximate surface area is 184 Å². The summed E-state index contributed by atoms with van der Waals surface area (Å²) in [7, 11) is 0. The molecule has 0 amide bonds. The standard InChI is InChI=1S/C26H31FN4/c1-19-7-8-22(16-29-19)18-31-20(2)14-26(15-21(31)3,25-6-4-5-13-28-25)12-11-24-10-9-23(27)17-30-24/h4-10,13,16-17,20-21H,11-12,14-15,18H2,1-3H3/t20-,21+,26?. The SMILES string of the molecule is Cc1ccc(CN2[C@H](C)CC(CCc3ccc(F)cn3)(c3ccccn3)C[C@@H]2C)cn1. The van der Waals surface area contributed by atoms with E-state index in [1.807, 2.05) is 25.4 Å². The molecule has 1 saturated heterocycles. The Morgan fingerprint density at radius 1 is 0.968 bits per heavy atom. The first-order chi connectivity index (χ1) is 14.9. The van der Waals surface area contributed by atoms with Crippen LogP contribution in [0.4, 0.5) is 4.39 Å². The van der Waals surface area contributed by atoms with Crippen molar-refractivity contribution in [2.24, 2.45) is 0 Å². The van der Waals surface area contributed by atoms with Crippen LogP contribution >= 0.6 is 0 Å². The molecule has 3 atom stereocenters. The van der Waals surface area contributed by atoms with Crippen LogP contribution in [0.5, 0.6) is 0 Å². The molecule has 0 N–H and O–H groups in total. The van der Waals surface area contributed by atoms with Crippen LogP contribution in [-0.4, -0.2) is 31.9 Å². The van der Waals surface area contributed by atoms with Gasteiger partial charge in [-0.05, 0) is 82.3 Å². The van der Waals surface area contributed by atoms with Crippen LogP contribution in [0.3, 0.4) is 0 Å². The van der Waals surface area contributed by atoms with Crippen molar-refractivity contribution in [3.05, 3.63) is 89.5 Å². The number of halogens is 1. The molecular weight excluding hydrogens is 387 g/mol. The molecule has 4 heterocycles. The van der Waals surface area contributed by atoms with Gasteiger partial charge in [0, 0.05) is 53.5 Å². The van der Waals surface area contributed by atoms with Gasteiger partial charge in [0.15, 0.2) is 0 Å². The van der Waals surface area contributed by atoms with E-state index in [9.17, 15) is 4.39 Å². The lowest BCUT2D eigenvalue weighted by Gasteiger charge is -2.49. The van der Waals surface area contributed by atoms with Crippen molar-refractivity contribution in [2.75, 3.05) is 0 Å². The number of piperidine rings is 1. The van der Waals surface area contributed by atoms with Crippen molar-refractivity contribution < 1.29 is 4.39 Å². The molecule has 0 aliphatic carbocycles. The third-order valence-corrected chi connectivity index (χ3v) is 6.70. The van der Waals surface area contributed by atoms with Crippen LogP contribution < -0.4 is 0 Å². The average molecular weight is 419 g/mol.